The van der Waals surface area contributed by atoms with Gasteiger partial charge in [0.2, 0.25) is 5.95 Å². The van der Waals surface area contributed by atoms with Crippen molar-refractivity contribution in [2.24, 2.45) is 11.3 Å². The number of hydrogen-bond donors (Lipinski definition) is 0. The van der Waals surface area contributed by atoms with Crippen molar-refractivity contribution in [2.45, 2.75) is 19.3 Å². The van der Waals surface area contributed by atoms with E-state index in [1.807, 2.05) is 12.1 Å². The van der Waals surface area contributed by atoms with Gasteiger partial charge in [-0.25, -0.2) is 14.4 Å². The minimum absolute atomic E-state index is 0.219. The van der Waals surface area contributed by atoms with Crippen molar-refractivity contribution < 1.29 is 13.9 Å². The van der Waals surface area contributed by atoms with Gasteiger partial charge in [0.05, 0.1) is 31.8 Å². The Morgan fingerprint density at radius 1 is 1.19 bits per heavy atom. The minimum Gasteiger partial charge on any atom is -0.492 e. The Labute approximate surface area is 152 Å². The van der Waals surface area contributed by atoms with Gasteiger partial charge in [-0.2, -0.15) is 0 Å². The number of rotatable bonds is 4. The van der Waals surface area contributed by atoms with E-state index in [4.69, 9.17) is 9.47 Å². The molecule has 2 aliphatic heterocycles. The van der Waals surface area contributed by atoms with E-state index < -0.39 is 5.82 Å². The molecule has 0 aliphatic carbocycles. The molecule has 0 bridgehead atoms. The van der Waals surface area contributed by atoms with E-state index in [0.717, 1.165) is 51.3 Å². The zero-order chi connectivity index (χ0) is 17.8. The molecule has 2 aromatic heterocycles. The maximum Gasteiger partial charge on any atom is 0.225 e. The van der Waals surface area contributed by atoms with Crippen molar-refractivity contribution in [1.82, 2.24) is 15.0 Å². The second-order valence-electron chi connectivity index (χ2n) is 7.07. The van der Waals surface area contributed by atoms with Gasteiger partial charge in [0.15, 0.2) is 5.82 Å². The van der Waals surface area contributed by atoms with Crippen molar-refractivity contribution in [1.29, 1.82) is 0 Å². The first kappa shape index (κ1) is 17.1. The summed E-state index contributed by atoms with van der Waals surface area (Å²) in [5.41, 5.74) is 0.219. The minimum atomic E-state index is -0.403. The Balaban J connectivity index is 1.40. The van der Waals surface area contributed by atoms with Gasteiger partial charge in [-0.05, 0) is 36.8 Å². The second kappa shape index (κ2) is 7.53. The van der Waals surface area contributed by atoms with Crippen LogP contribution in [-0.4, -0.2) is 47.9 Å². The van der Waals surface area contributed by atoms with E-state index in [0.29, 0.717) is 18.5 Å². The van der Waals surface area contributed by atoms with Crippen molar-refractivity contribution in [3.63, 3.8) is 0 Å². The fraction of sp³-hybridized carbons (Fsp3) is 0.526. The molecule has 4 heterocycles. The maximum atomic E-state index is 13.0. The molecule has 0 radical (unpaired) electrons. The SMILES string of the molecule is Fc1cnc(N2CCC3(CCOCC3COc3cccnc3)CC2)nc1. The predicted molar refractivity (Wildman–Crippen MR) is 94.5 cm³/mol. The first-order chi connectivity index (χ1) is 12.8. The van der Waals surface area contributed by atoms with E-state index in [2.05, 4.69) is 19.9 Å². The lowest BCUT2D eigenvalue weighted by atomic mass is 9.66. The summed E-state index contributed by atoms with van der Waals surface area (Å²) in [7, 11) is 0. The Kier molecular flexibility index (Phi) is 4.97. The first-order valence-electron chi connectivity index (χ1n) is 9.08. The lowest BCUT2D eigenvalue weighted by molar-refractivity contribution is -0.0697. The number of hydrogen-bond acceptors (Lipinski definition) is 6. The molecule has 0 N–H and O–H groups in total. The standard InChI is InChI=1S/C19H23FN4O2/c20-16-10-22-18(23-11-16)24-7-3-19(4-8-24)5-9-25-13-15(19)14-26-17-2-1-6-21-12-17/h1-2,6,10-12,15H,3-5,7-9,13-14H2. The van der Waals surface area contributed by atoms with Gasteiger partial charge in [-0.3, -0.25) is 4.98 Å². The third-order valence-electron chi connectivity index (χ3n) is 5.66. The third kappa shape index (κ3) is 3.62. The van der Waals surface area contributed by atoms with Crippen LogP contribution in [0.5, 0.6) is 5.75 Å². The number of anilines is 1. The Morgan fingerprint density at radius 3 is 2.73 bits per heavy atom. The van der Waals surface area contributed by atoms with Crippen molar-refractivity contribution in [3.05, 3.63) is 42.7 Å². The van der Waals surface area contributed by atoms with E-state index in [1.165, 1.54) is 12.4 Å². The zero-order valence-corrected chi connectivity index (χ0v) is 14.7. The van der Waals surface area contributed by atoms with Crippen LogP contribution in [0.1, 0.15) is 19.3 Å². The summed E-state index contributed by atoms with van der Waals surface area (Å²) in [6.07, 6.45) is 9.07. The number of pyridine rings is 1. The molecule has 1 spiro atoms. The number of ether oxygens (including phenoxy) is 2. The average Bonchev–Trinajstić information content (AvgIpc) is 2.70. The third-order valence-corrected chi connectivity index (χ3v) is 5.66. The highest BCUT2D eigenvalue weighted by Gasteiger charge is 2.44. The molecule has 2 aromatic rings. The quantitative estimate of drug-likeness (QED) is 0.838. The highest BCUT2D eigenvalue weighted by Crippen LogP contribution is 2.45. The van der Waals surface area contributed by atoms with E-state index in [1.54, 1.807) is 12.4 Å². The van der Waals surface area contributed by atoms with Crippen molar-refractivity contribution in [3.8, 4) is 5.75 Å². The topological polar surface area (TPSA) is 60.4 Å². The molecule has 26 heavy (non-hydrogen) atoms. The summed E-state index contributed by atoms with van der Waals surface area (Å²) in [4.78, 5) is 14.5. The summed E-state index contributed by atoms with van der Waals surface area (Å²) < 4.78 is 24.8. The molecule has 7 heteroatoms. The number of piperidine rings is 1. The normalized spacial score (nSPS) is 22.3. The first-order valence-corrected chi connectivity index (χ1v) is 9.08. The summed E-state index contributed by atoms with van der Waals surface area (Å²) >= 11 is 0. The molecule has 1 atom stereocenters. The van der Waals surface area contributed by atoms with E-state index in [-0.39, 0.29) is 5.41 Å². The number of aromatic nitrogens is 3. The molecule has 0 saturated carbocycles. The van der Waals surface area contributed by atoms with E-state index >= 15 is 0 Å². The van der Waals surface area contributed by atoms with Gasteiger partial charge in [0.1, 0.15) is 5.75 Å². The van der Waals surface area contributed by atoms with Crippen LogP contribution >= 0.6 is 0 Å². The molecule has 2 saturated heterocycles. The van der Waals surface area contributed by atoms with Gasteiger partial charge in [-0.1, -0.05) is 0 Å². The van der Waals surface area contributed by atoms with Crippen LogP contribution < -0.4 is 9.64 Å². The smallest absolute Gasteiger partial charge is 0.225 e. The highest BCUT2D eigenvalue weighted by molar-refractivity contribution is 5.30. The Hall–Kier alpha value is -2.28. The monoisotopic (exact) mass is 358 g/mol. The predicted octanol–water partition coefficient (Wildman–Crippen LogP) is 2.71. The summed E-state index contributed by atoms with van der Waals surface area (Å²) in [5.74, 6) is 1.36. The molecule has 0 amide bonds. The number of nitrogens with zero attached hydrogens (tertiary/aromatic N) is 4. The number of halogens is 1. The molecule has 138 valence electrons. The van der Waals surface area contributed by atoms with Crippen LogP contribution in [0, 0.1) is 17.2 Å². The van der Waals surface area contributed by atoms with Crippen LogP contribution in [0.15, 0.2) is 36.9 Å². The van der Waals surface area contributed by atoms with Crippen molar-refractivity contribution >= 4 is 5.95 Å². The molecule has 1 unspecified atom stereocenters. The fourth-order valence-electron chi connectivity index (χ4n) is 4.02. The van der Waals surface area contributed by atoms with Crippen LogP contribution in [0.4, 0.5) is 10.3 Å². The van der Waals surface area contributed by atoms with Crippen LogP contribution in [0.2, 0.25) is 0 Å². The van der Waals surface area contributed by atoms with Gasteiger partial charge in [-0.15, -0.1) is 0 Å². The molecule has 2 fully saturated rings. The summed E-state index contributed by atoms with van der Waals surface area (Å²) in [6.45, 7) is 3.91. The second-order valence-corrected chi connectivity index (χ2v) is 7.07. The molecule has 2 aliphatic rings. The Bertz CT molecular complexity index is 705. The lowest BCUT2D eigenvalue weighted by Crippen LogP contribution is -2.50. The molecule has 0 aromatic carbocycles. The lowest BCUT2D eigenvalue weighted by Gasteiger charge is -2.48. The zero-order valence-electron chi connectivity index (χ0n) is 14.7. The van der Waals surface area contributed by atoms with E-state index in [9.17, 15) is 4.39 Å². The summed E-state index contributed by atoms with van der Waals surface area (Å²) in [5, 5.41) is 0. The largest absolute Gasteiger partial charge is 0.492 e. The van der Waals surface area contributed by atoms with Crippen LogP contribution in [0.25, 0.3) is 0 Å². The van der Waals surface area contributed by atoms with Crippen LogP contribution in [0.3, 0.4) is 0 Å². The highest BCUT2D eigenvalue weighted by atomic mass is 19.1. The fourth-order valence-corrected chi connectivity index (χ4v) is 4.02. The van der Waals surface area contributed by atoms with Crippen molar-refractivity contribution in [2.75, 3.05) is 37.8 Å². The molecular formula is C19H23FN4O2. The molecule has 6 nitrogen and oxygen atoms in total. The molecule has 4 rings (SSSR count). The van der Waals surface area contributed by atoms with Gasteiger partial charge < -0.3 is 14.4 Å². The molecular weight excluding hydrogens is 335 g/mol. The van der Waals surface area contributed by atoms with Gasteiger partial charge >= 0.3 is 0 Å². The maximum absolute atomic E-state index is 13.0. The Morgan fingerprint density at radius 2 is 2.00 bits per heavy atom. The van der Waals surface area contributed by atoms with Gasteiger partial charge in [0.25, 0.3) is 0 Å². The van der Waals surface area contributed by atoms with Crippen LogP contribution in [-0.2, 0) is 4.74 Å². The van der Waals surface area contributed by atoms with Gasteiger partial charge in [0, 0.05) is 31.8 Å². The summed E-state index contributed by atoms with van der Waals surface area (Å²) in [6, 6.07) is 3.81. The average molecular weight is 358 g/mol.